The van der Waals surface area contributed by atoms with Crippen LogP contribution in [0.5, 0.6) is 5.75 Å². The second-order valence-electron chi connectivity index (χ2n) is 7.74. The van der Waals surface area contributed by atoms with Crippen molar-refractivity contribution < 1.29 is 14.3 Å². The van der Waals surface area contributed by atoms with Crippen LogP contribution >= 0.6 is 15.9 Å². The summed E-state index contributed by atoms with van der Waals surface area (Å²) in [5.41, 5.74) is 1.93. The Balaban J connectivity index is 1.46. The maximum atomic E-state index is 12.2. The zero-order valence-corrected chi connectivity index (χ0v) is 19.7. The summed E-state index contributed by atoms with van der Waals surface area (Å²) in [6, 6.07) is 15.2. The summed E-state index contributed by atoms with van der Waals surface area (Å²) in [4.78, 5) is 16.5. The Morgan fingerprint density at radius 1 is 0.968 bits per heavy atom. The Kier molecular flexibility index (Phi) is 9.35. The van der Waals surface area contributed by atoms with Crippen molar-refractivity contribution in [3.63, 3.8) is 0 Å². The van der Waals surface area contributed by atoms with E-state index < -0.39 is 5.97 Å². The van der Waals surface area contributed by atoms with Gasteiger partial charge in [0.2, 0.25) is 5.90 Å². The minimum atomic E-state index is -0.440. The van der Waals surface area contributed by atoms with E-state index in [1.54, 1.807) is 6.08 Å². The van der Waals surface area contributed by atoms with Crippen LogP contribution in [0, 0.1) is 0 Å². The second-order valence-corrected chi connectivity index (χ2v) is 8.65. The molecule has 0 radical (unpaired) electrons. The lowest BCUT2D eigenvalue weighted by Gasteiger charge is -2.07. The van der Waals surface area contributed by atoms with E-state index in [0.717, 1.165) is 34.4 Å². The predicted octanol–water partition coefficient (Wildman–Crippen LogP) is 7.31. The van der Waals surface area contributed by atoms with Crippen LogP contribution in [-0.2, 0) is 9.53 Å². The Labute approximate surface area is 193 Å². The first kappa shape index (κ1) is 23.3. The lowest BCUT2D eigenvalue weighted by molar-refractivity contribution is -0.129. The summed E-state index contributed by atoms with van der Waals surface area (Å²) < 4.78 is 12.1. The number of carbonyl (C=O) groups excluding carboxylic acids is 1. The SMILES string of the molecule is CCCCCCCCCCOc1ccc(C2=N/C(=C\c3cccc(Br)c3)C(=O)O2)cc1. The van der Waals surface area contributed by atoms with Gasteiger partial charge >= 0.3 is 5.97 Å². The van der Waals surface area contributed by atoms with Gasteiger partial charge in [-0.2, -0.15) is 0 Å². The summed E-state index contributed by atoms with van der Waals surface area (Å²) >= 11 is 3.43. The zero-order chi connectivity index (χ0) is 21.9. The van der Waals surface area contributed by atoms with E-state index in [1.807, 2.05) is 48.5 Å². The number of esters is 1. The fraction of sp³-hybridized carbons (Fsp3) is 0.385. The van der Waals surface area contributed by atoms with Gasteiger partial charge in [-0.05, 0) is 54.5 Å². The maximum absolute atomic E-state index is 12.2. The number of rotatable bonds is 12. The predicted molar refractivity (Wildman–Crippen MR) is 129 cm³/mol. The van der Waals surface area contributed by atoms with E-state index >= 15 is 0 Å². The molecule has 0 aromatic heterocycles. The Morgan fingerprint density at radius 3 is 2.39 bits per heavy atom. The molecule has 0 spiro atoms. The molecule has 0 unspecified atom stereocenters. The van der Waals surface area contributed by atoms with Crippen molar-refractivity contribution in [3.05, 3.63) is 69.8 Å². The fourth-order valence-corrected chi connectivity index (χ4v) is 3.82. The molecule has 2 aromatic rings. The van der Waals surface area contributed by atoms with E-state index in [-0.39, 0.29) is 0 Å². The Bertz CT molecular complexity index is 919. The highest BCUT2D eigenvalue weighted by atomic mass is 79.9. The van der Waals surface area contributed by atoms with E-state index in [1.165, 1.54) is 44.9 Å². The summed E-state index contributed by atoms with van der Waals surface area (Å²) in [5, 5.41) is 0. The lowest BCUT2D eigenvalue weighted by Crippen LogP contribution is -2.05. The summed E-state index contributed by atoms with van der Waals surface area (Å²) in [7, 11) is 0. The molecule has 4 nitrogen and oxygen atoms in total. The monoisotopic (exact) mass is 483 g/mol. The molecule has 0 fully saturated rings. The van der Waals surface area contributed by atoms with Crippen LogP contribution in [0.3, 0.4) is 0 Å². The third kappa shape index (κ3) is 7.66. The first-order valence-electron chi connectivity index (χ1n) is 11.2. The molecule has 5 heteroatoms. The van der Waals surface area contributed by atoms with Gasteiger partial charge in [-0.1, -0.05) is 79.9 Å². The van der Waals surface area contributed by atoms with E-state index in [9.17, 15) is 4.79 Å². The van der Waals surface area contributed by atoms with E-state index in [0.29, 0.717) is 11.6 Å². The molecule has 31 heavy (non-hydrogen) atoms. The Morgan fingerprint density at radius 2 is 1.68 bits per heavy atom. The van der Waals surface area contributed by atoms with Crippen LogP contribution in [0.2, 0.25) is 0 Å². The van der Waals surface area contributed by atoms with Crippen molar-refractivity contribution in [2.24, 2.45) is 4.99 Å². The smallest absolute Gasteiger partial charge is 0.363 e. The number of ether oxygens (including phenoxy) is 2. The fourth-order valence-electron chi connectivity index (χ4n) is 3.41. The van der Waals surface area contributed by atoms with Crippen LogP contribution in [0.25, 0.3) is 6.08 Å². The molecule has 1 aliphatic heterocycles. The number of nitrogens with zero attached hydrogens (tertiary/aromatic N) is 1. The van der Waals surface area contributed by atoms with Gasteiger partial charge in [0, 0.05) is 10.0 Å². The topological polar surface area (TPSA) is 47.9 Å². The third-order valence-corrected chi connectivity index (χ3v) is 5.63. The quantitative estimate of drug-likeness (QED) is 0.180. The molecule has 0 atom stereocenters. The standard InChI is InChI=1S/C26H30BrNO3/c1-2-3-4-5-6-7-8-9-17-30-23-15-13-21(14-16-23)25-28-24(26(29)31-25)19-20-11-10-12-22(27)18-20/h10-16,18-19H,2-9,17H2,1H3/b24-19-. The summed E-state index contributed by atoms with van der Waals surface area (Å²) in [6.07, 6.45) is 12.0. The van der Waals surface area contributed by atoms with Gasteiger partial charge in [-0.15, -0.1) is 0 Å². The van der Waals surface area contributed by atoms with Crippen molar-refractivity contribution >= 4 is 33.9 Å². The van der Waals surface area contributed by atoms with Crippen LogP contribution in [0.4, 0.5) is 0 Å². The minimum absolute atomic E-state index is 0.295. The average Bonchev–Trinajstić information content (AvgIpc) is 3.13. The third-order valence-electron chi connectivity index (χ3n) is 5.14. The van der Waals surface area contributed by atoms with Crippen LogP contribution in [0.1, 0.15) is 69.4 Å². The minimum Gasteiger partial charge on any atom is -0.494 e. The zero-order valence-electron chi connectivity index (χ0n) is 18.1. The molecule has 2 aromatic carbocycles. The molecule has 0 N–H and O–H groups in total. The largest absolute Gasteiger partial charge is 0.494 e. The van der Waals surface area contributed by atoms with Crippen molar-refractivity contribution in [1.29, 1.82) is 0 Å². The number of halogens is 1. The summed E-state index contributed by atoms with van der Waals surface area (Å²) in [5.74, 6) is 0.701. The van der Waals surface area contributed by atoms with Crippen molar-refractivity contribution in [2.45, 2.75) is 58.3 Å². The molecule has 0 aliphatic carbocycles. The molecule has 0 amide bonds. The van der Waals surface area contributed by atoms with Gasteiger partial charge in [0.05, 0.1) is 6.61 Å². The van der Waals surface area contributed by atoms with Crippen molar-refractivity contribution in [3.8, 4) is 5.75 Å². The molecule has 0 saturated carbocycles. The van der Waals surface area contributed by atoms with E-state index in [4.69, 9.17) is 9.47 Å². The van der Waals surface area contributed by atoms with Crippen LogP contribution < -0.4 is 4.74 Å². The molecule has 164 valence electrons. The average molecular weight is 484 g/mol. The van der Waals surface area contributed by atoms with Crippen molar-refractivity contribution in [1.82, 2.24) is 0 Å². The van der Waals surface area contributed by atoms with Gasteiger partial charge in [0.15, 0.2) is 5.70 Å². The second kappa shape index (κ2) is 12.5. The van der Waals surface area contributed by atoms with Gasteiger partial charge in [0.25, 0.3) is 0 Å². The number of unbranched alkanes of at least 4 members (excludes halogenated alkanes) is 7. The number of hydrogen-bond acceptors (Lipinski definition) is 4. The number of cyclic esters (lactones) is 1. The number of aliphatic imine (C=N–C) groups is 1. The number of hydrogen-bond donors (Lipinski definition) is 0. The molecule has 1 aliphatic rings. The number of benzene rings is 2. The molecule has 0 bridgehead atoms. The first-order chi connectivity index (χ1) is 15.2. The first-order valence-corrected chi connectivity index (χ1v) is 12.0. The number of carbonyl (C=O) groups is 1. The lowest BCUT2D eigenvalue weighted by atomic mass is 10.1. The van der Waals surface area contributed by atoms with E-state index in [2.05, 4.69) is 27.8 Å². The molecular formula is C26H30BrNO3. The normalized spacial score (nSPS) is 14.6. The molecule has 0 saturated heterocycles. The molecule has 1 heterocycles. The van der Waals surface area contributed by atoms with Gasteiger partial charge in [0.1, 0.15) is 5.75 Å². The van der Waals surface area contributed by atoms with Crippen molar-refractivity contribution in [2.75, 3.05) is 6.61 Å². The van der Waals surface area contributed by atoms with Gasteiger partial charge in [-0.3, -0.25) is 0 Å². The van der Waals surface area contributed by atoms with Gasteiger partial charge in [-0.25, -0.2) is 9.79 Å². The molecule has 3 rings (SSSR count). The molecular weight excluding hydrogens is 454 g/mol. The van der Waals surface area contributed by atoms with Gasteiger partial charge < -0.3 is 9.47 Å². The highest BCUT2D eigenvalue weighted by molar-refractivity contribution is 9.10. The summed E-state index contributed by atoms with van der Waals surface area (Å²) in [6.45, 7) is 2.97. The highest BCUT2D eigenvalue weighted by Crippen LogP contribution is 2.22. The maximum Gasteiger partial charge on any atom is 0.363 e. The Hall–Kier alpha value is -2.40. The van der Waals surface area contributed by atoms with Crippen LogP contribution in [-0.4, -0.2) is 18.5 Å². The highest BCUT2D eigenvalue weighted by Gasteiger charge is 2.24. The van der Waals surface area contributed by atoms with Crippen LogP contribution in [0.15, 0.2) is 63.7 Å².